The van der Waals surface area contributed by atoms with E-state index in [1.54, 1.807) is 40.5 Å². The van der Waals surface area contributed by atoms with Crippen molar-refractivity contribution in [1.82, 2.24) is 9.80 Å². The van der Waals surface area contributed by atoms with Crippen LogP contribution in [0.15, 0.2) is 58.4 Å². The molecular formula is C26H25BrCl2N2O2S. The second kappa shape index (κ2) is 11.3. The van der Waals surface area contributed by atoms with Crippen molar-refractivity contribution in [2.45, 2.75) is 32.2 Å². The molecule has 2 aromatic carbocycles. The molecule has 178 valence electrons. The number of carbonyl (C=O) groups is 2. The number of carbonyl (C=O) groups excluding carboxylic acids is 2. The molecule has 4 nitrogen and oxygen atoms in total. The molecule has 0 N–H and O–H groups in total. The molecule has 4 rings (SSSR count). The van der Waals surface area contributed by atoms with Crippen LogP contribution in [0.4, 0.5) is 0 Å². The summed E-state index contributed by atoms with van der Waals surface area (Å²) in [6, 6.07) is 14.4. The largest absolute Gasteiger partial charge is 0.330 e. The minimum absolute atomic E-state index is 0.0239. The van der Waals surface area contributed by atoms with E-state index in [0.717, 1.165) is 34.9 Å². The highest BCUT2D eigenvalue weighted by atomic mass is 79.9. The molecule has 2 heterocycles. The van der Waals surface area contributed by atoms with E-state index in [1.807, 2.05) is 23.1 Å². The van der Waals surface area contributed by atoms with Gasteiger partial charge in [0.1, 0.15) is 6.54 Å². The molecule has 0 radical (unpaired) electrons. The minimum atomic E-state index is -0.303. The number of rotatable bonds is 7. The Morgan fingerprint density at radius 3 is 2.59 bits per heavy atom. The van der Waals surface area contributed by atoms with Crippen molar-refractivity contribution in [1.29, 1.82) is 0 Å². The fourth-order valence-electron chi connectivity index (χ4n) is 4.27. The van der Waals surface area contributed by atoms with E-state index in [0.29, 0.717) is 28.7 Å². The van der Waals surface area contributed by atoms with Gasteiger partial charge in [-0.2, -0.15) is 0 Å². The monoisotopic (exact) mass is 578 g/mol. The van der Waals surface area contributed by atoms with E-state index < -0.39 is 0 Å². The van der Waals surface area contributed by atoms with Crippen LogP contribution in [0.2, 0.25) is 10.0 Å². The zero-order chi connectivity index (χ0) is 24.2. The lowest BCUT2D eigenvalue weighted by Gasteiger charge is -2.38. The second-order valence-corrected chi connectivity index (χ2v) is 11.1. The van der Waals surface area contributed by atoms with Crippen LogP contribution in [0.3, 0.4) is 0 Å². The first-order chi connectivity index (χ1) is 16.4. The lowest BCUT2D eigenvalue weighted by molar-refractivity contribution is -0.134. The Balaban J connectivity index is 1.63. The third-order valence-corrected chi connectivity index (χ3v) is 8.12. The van der Waals surface area contributed by atoms with Gasteiger partial charge in [-0.1, -0.05) is 58.5 Å². The number of thiophene rings is 1. The lowest BCUT2D eigenvalue weighted by atomic mass is 9.93. The summed E-state index contributed by atoms with van der Waals surface area (Å²) >= 11 is 17.9. The van der Waals surface area contributed by atoms with Crippen LogP contribution in [0.25, 0.3) is 0 Å². The Labute approximate surface area is 222 Å². The smallest absolute Gasteiger partial charge is 0.254 e. The summed E-state index contributed by atoms with van der Waals surface area (Å²) in [5.41, 5.74) is 2.51. The zero-order valence-corrected chi connectivity index (χ0v) is 22.7. The molecule has 2 amide bonds. The summed E-state index contributed by atoms with van der Waals surface area (Å²) in [7, 11) is 0. The van der Waals surface area contributed by atoms with E-state index in [4.69, 9.17) is 23.2 Å². The van der Waals surface area contributed by atoms with Gasteiger partial charge in [0.25, 0.3) is 5.91 Å². The highest BCUT2D eigenvalue weighted by Crippen LogP contribution is 2.41. The Bertz CT molecular complexity index is 1180. The van der Waals surface area contributed by atoms with Crippen LogP contribution in [0.1, 0.15) is 52.2 Å². The van der Waals surface area contributed by atoms with Crippen LogP contribution in [0.5, 0.6) is 0 Å². The predicted octanol–water partition coefficient (Wildman–Crippen LogP) is 7.23. The molecule has 1 aliphatic rings. The van der Waals surface area contributed by atoms with Gasteiger partial charge >= 0.3 is 0 Å². The van der Waals surface area contributed by atoms with Crippen LogP contribution in [-0.4, -0.2) is 41.2 Å². The lowest BCUT2D eigenvalue weighted by Crippen LogP contribution is -2.47. The summed E-state index contributed by atoms with van der Waals surface area (Å²) in [4.78, 5) is 31.8. The van der Waals surface area contributed by atoms with Gasteiger partial charge in [-0.05, 0) is 71.8 Å². The maximum atomic E-state index is 13.7. The van der Waals surface area contributed by atoms with Crippen molar-refractivity contribution in [3.05, 3.63) is 90.0 Å². The fraction of sp³-hybridized carbons (Fsp3) is 0.308. The molecule has 1 aliphatic heterocycles. The molecule has 1 unspecified atom stereocenters. The van der Waals surface area contributed by atoms with Gasteiger partial charge < -0.3 is 9.80 Å². The van der Waals surface area contributed by atoms with Gasteiger partial charge in [-0.25, -0.2) is 0 Å². The summed E-state index contributed by atoms with van der Waals surface area (Å²) in [5.74, 6) is -0.224. The first-order valence-electron chi connectivity index (χ1n) is 11.2. The van der Waals surface area contributed by atoms with Crippen molar-refractivity contribution < 1.29 is 9.59 Å². The zero-order valence-electron chi connectivity index (χ0n) is 18.8. The van der Waals surface area contributed by atoms with E-state index in [9.17, 15) is 9.59 Å². The molecule has 34 heavy (non-hydrogen) atoms. The Morgan fingerprint density at radius 1 is 1.12 bits per heavy atom. The molecule has 1 atom stereocenters. The number of halogens is 3. The molecular weight excluding hydrogens is 555 g/mol. The number of hydrogen-bond acceptors (Lipinski definition) is 3. The molecule has 0 fully saturated rings. The van der Waals surface area contributed by atoms with E-state index in [1.165, 1.54) is 4.88 Å². The molecule has 0 saturated heterocycles. The standard InChI is InChI=1S/C26H25BrCl2N2O2S/c1-2-3-12-30(26(33)17-4-6-18(27)7-5-17)16-24(32)31-13-10-23-21(11-14-34-23)25(31)20-9-8-19(28)15-22(20)29/h4-9,11,14-15,25H,2-3,10,12-13,16H2,1H3. The number of benzene rings is 2. The van der Waals surface area contributed by atoms with Crippen molar-refractivity contribution >= 4 is 62.3 Å². The maximum Gasteiger partial charge on any atom is 0.254 e. The molecule has 0 saturated carbocycles. The van der Waals surface area contributed by atoms with E-state index in [2.05, 4.69) is 34.3 Å². The number of fused-ring (bicyclic) bond motifs is 1. The third kappa shape index (κ3) is 5.51. The average Bonchev–Trinajstić information content (AvgIpc) is 3.30. The Kier molecular flexibility index (Phi) is 8.35. The predicted molar refractivity (Wildman–Crippen MR) is 143 cm³/mol. The average molecular weight is 580 g/mol. The molecule has 0 spiro atoms. The summed E-state index contributed by atoms with van der Waals surface area (Å²) in [6.45, 7) is 3.20. The van der Waals surface area contributed by atoms with Gasteiger partial charge in [0.05, 0.1) is 6.04 Å². The van der Waals surface area contributed by atoms with Crippen LogP contribution >= 0.6 is 50.5 Å². The molecule has 0 aliphatic carbocycles. The Morgan fingerprint density at radius 2 is 1.88 bits per heavy atom. The normalized spacial score (nSPS) is 15.2. The number of hydrogen-bond donors (Lipinski definition) is 0. The second-order valence-electron chi connectivity index (χ2n) is 8.29. The molecule has 8 heteroatoms. The first kappa shape index (κ1) is 25.2. The van der Waals surface area contributed by atoms with Crippen LogP contribution in [-0.2, 0) is 11.2 Å². The van der Waals surface area contributed by atoms with Crippen molar-refractivity contribution in [3.8, 4) is 0 Å². The quantitative estimate of drug-likeness (QED) is 0.296. The van der Waals surface area contributed by atoms with Crippen LogP contribution in [0, 0.1) is 0 Å². The third-order valence-electron chi connectivity index (χ3n) is 6.03. The van der Waals surface area contributed by atoms with Gasteiger partial charge in [0.2, 0.25) is 5.91 Å². The van der Waals surface area contributed by atoms with Crippen LogP contribution < -0.4 is 0 Å². The summed E-state index contributed by atoms with van der Waals surface area (Å²) in [5, 5.41) is 3.14. The van der Waals surface area contributed by atoms with E-state index in [-0.39, 0.29) is 24.4 Å². The van der Waals surface area contributed by atoms with Crippen molar-refractivity contribution in [2.24, 2.45) is 0 Å². The molecule has 1 aromatic heterocycles. The summed E-state index contributed by atoms with van der Waals surface area (Å²) < 4.78 is 0.905. The fourth-order valence-corrected chi connectivity index (χ4v) is 5.95. The van der Waals surface area contributed by atoms with Gasteiger partial charge in [0.15, 0.2) is 0 Å². The molecule has 0 bridgehead atoms. The highest BCUT2D eigenvalue weighted by molar-refractivity contribution is 9.10. The number of unbranched alkanes of at least 4 members (excludes halogenated alkanes) is 1. The SMILES string of the molecule is CCCCN(CC(=O)N1CCc2sccc2C1c1ccc(Cl)cc1Cl)C(=O)c1ccc(Br)cc1. The number of nitrogens with zero attached hydrogens (tertiary/aromatic N) is 2. The van der Waals surface area contributed by atoms with E-state index >= 15 is 0 Å². The highest BCUT2D eigenvalue weighted by Gasteiger charge is 2.35. The van der Waals surface area contributed by atoms with Gasteiger partial charge in [0, 0.05) is 38.0 Å². The number of amides is 2. The Hall–Kier alpha value is -1.86. The van der Waals surface area contributed by atoms with Crippen molar-refractivity contribution in [3.63, 3.8) is 0 Å². The molecule has 3 aromatic rings. The topological polar surface area (TPSA) is 40.6 Å². The van der Waals surface area contributed by atoms with Gasteiger partial charge in [-0.3, -0.25) is 9.59 Å². The summed E-state index contributed by atoms with van der Waals surface area (Å²) in [6.07, 6.45) is 2.55. The first-order valence-corrected chi connectivity index (χ1v) is 13.7. The maximum absolute atomic E-state index is 13.7. The minimum Gasteiger partial charge on any atom is -0.330 e. The van der Waals surface area contributed by atoms with Gasteiger partial charge in [-0.15, -0.1) is 11.3 Å². The van der Waals surface area contributed by atoms with Crippen molar-refractivity contribution in [2.75, 3.05) is 19.6 Å².